The Labute approximate surface area is 169 Å². The lowest BCUT2D eigenvalue weighted by Gasteiger charge is -2.22. The highest BCUT2D eigenvalue weighted by Crippen LogP contribution is 2.33. The van der Waals surface area contributed by atoms with Gasteiger partial charge in [0.2, 0.25) is 0 Å². The number of fused-ring (bicyclic) bond motifs is 1. The standard InChI is InChI=1S/C22H26N2O5/c1-2-27-21(26)19-12-20(25)23-22-24(19)13-18(29-22)14-28-17-10-8-16(9-11-17)15-6-4-3-5-7-15/h8-12,15,18H,2-7,13-14H2,1H3/t18-/m0/s1. The molecule has 1 aromatic heterocycles. The molecule has 154 valence electrons. The highest BCUT2D eigenvalue weighted by molar-refractivity contribution is 5.87. The fourth-order valence-electron chi connectivity index (χ4n) is 4.06. The van der Waals surface area contributed by atoms with Gasteiger partial charge in [0.05, 0.1) is 13.2 Å². The molecule has 0 spiro atoms. The number of aromatic nitrogens is 2. The number of esters is 1. The quantitative estimate of drug-likeness (QED) is 0.695. The Hall–Kier alpha value is -2.83. The van der Waals surface area contributed by atoms with Crippen molar-refractivity contribution in [3.63, 3.8) is 0 Å². The van der Waals surface area contributed by atoms with Crippen LogP contribution in [0.25, 0.3) is 0 Å². The molecule has 2 aromatic rings. The van der Waals surface area contributed by atoms with Gasteiger partial charge in [-0.3, -0.25) is 9.36 Å². The van der Waals surface area contributed by atoms with E-state index in [1.54, 1.807) is 11.5 Å². The van der Waals surface area contributed by atoms with Crippen LogP contribution in [0.1, 0.15) is 61.0 Å². The van der Waals surface area contributed by atoms with Gasteiger partial charge in [0, 0.05) is 6.07 Å². The minimum atomic E-state index is -0.559. The van der Waals surface area contributed by atoms with Crippen molar-refractivity contribution in [1.82, 2.24) is 9.55 Å². The van der Waals surface area contributed by atoms with Crippen molar-refractivity contribution < 1.29 is 19.0 Å². The number of carbonyl (C=O) groups is 1. The van der Waals surface area contributed by atoms with Crippen LogP contribution in [0.3, 0.4) is 0 Å². The largest absolute Gasteiger partial charge is 0.490 e. The second kappa shape index (κ2) is 8.68. The first kappa shape index (κ1) is 19.5. The zero-order valence-corrected chi connectivity index (χ0v) is 16.6. The maximum absolute atomic E-state index is 12.1. The molecule has 0 N–H and O–H groups in total. The van der Waals surface area contributed by atoms with Crippen LogP contribution in [0.15, 0.2) is 35.1 Å². The van der Waals surface area contributed by atoms with Gasteiger partial charge in [-0.2, -0.15) is 4.98 Å². The molecule has 1 aliphatic heterocycles. The summed E-state index contributed by atoms with van der Waals surface area (Å²) >= 11 is 0. The van der Waals surface area contributed by atoms with E-state index in [1.165, 1.54) is 43.7 Å². The monoisotopic (exact) mass is 398 g/mol. The lowest BCUT2D eigenvalue weighted by atomic mass is 9.84. The van der Waals surface area contributed by atoms with Gasteiger partial charge in [-0.05, 0) is 43.4 Å². The zero-order valence-electron chi connectivity index (χ0n) is 16.6. The van der Waals surface area contributed by atoms with Gasteiger partial charge in [-0.15, -0.1) is 0 Å². The van der Waals surface area contributed by atoms with Crippen molar-refractivity contribution in [2.24, 2.45) is 0 Å². The van der Waals surface area contributed by atoms with Crippen LogP contribution in [0.5, 0.6) is 11.8 Å². The van der Waals surface area contributed by atoms with Crippen molar-refractivity contribution in [1.29, 1.82) is 0 Å². The summed E-state index contributed by atoms with van der Waals surface area (Å²) in [7, 11) is 0. The Balaban J connectivity index is 1.38. The Morgan fingerprint density at radius 1 is 1.21 bits per heavy atom. The van der Waals surface area contributed by atoms with Crippen molar-refractivity contribution in [3.8, 4) is 11.8 Å². The summed E-state index contributed by atoms with van der Waals surface area (Å²) in [5.41, 5.74) is 1.00. The van der Waals surface area contributed by atoms with Crippen molar-refractivity contribution in [3.05, 3.63) is 51.9 Å². The molecule has 1 atom stereocenters. The van der Waals surface area contributed by atoms with Crippen LogP contribution in [0, 0.1) is 0 Å². The summed E-state index contributed by atoms with van der Waals surface area (Å²) < 4.78 is 18.2. The van der Waals surface area contributed by atoms with Gasteiger partial charge in [0.1, 0.15) is 18.1 Å². The van der Waals surface area contributed by atoms with Crippen LogP contribution >= 0.6 is 0 Å². The fraction of sp³-hybridized carbons (Fsp3) is 0.500. The average molecular weight is 398 g/mol. The molecule has 1 saturated carbocycles. The van der Waals surface area contributed by atoms with Crippen molar-refractivity contribution >= 4 is 5.97 Å². The molecule has 1 fully saturated rings. The van der Waals surface area contributed by atoms with Gasteiger partial charge in [-0.25, -0.2) is 4.79 Å². The first-order valence-corrected chi connectivity index (χ1v) is 10.3. The molecule has 1 aromatic carbocycles. The predicted molar refractivity (Wildman–Crippen MR) is 107 cm³/mol. The SMILES string of the molecule is CCOC(=O)c1cc(=O)nc2n1C[C@@H](COc1ccc(C3CCCCC3)cc1)O2. The van der Waals surface area contributed by atoms with Gasteiger partial charge in [0.25, 0.3) is 5.56 Å². The third-order valence-corrected chi connectivity index (χ3v) is 5.52. The summed E-state index contributed by atoms with van der Waals surface area (Å²) in [6.07, 6.45) is 6.17. The van der Waals surface area contributed by atoms with E-state index in [4.69, 9.17) is 14.2 Å². The number of hydrogen-bond donors (Lipinski definition) is 0. The van der Waals surface area contributed by atoms with E-state index >= 15 is 0 Å². The van der Waals surface area contributed by atoms with Gasteiger partial charge < -0.3 is 14.2 Å². The predicted octanol–water partition coefficient (Wildman–Crippen LogP) is 3.31. The number of ether oxygens (including phenoxy) is 3. The van der Waals surface area contributed by atoms with E-state index in [-0.39, 0.29) is 24.4 Å². The van der Waals surface area contributed by atoms with Gasteiger partial charge >= 0.3 is 12.0 Å². The summed E-state index contributed by atoms with van der Waals surface area (Å²) in [5, 5.41) is 0. The second-order valence-corrected chi connectivity index (χ2v) is 7.55. The van der Waals surface area contributed by atoms with Gasteiger partial charge in [-0.1, -0.05) is 31.4 Å². The molecule has 0 amide bonds. The maximum atomic E-state index is 12.1. The van der Waals surface area contributed by atoms with Gasteiger partial charge in [0.15, 0.2) is 6.10 Å². The van der Waals surface area contributed by atoms with E-state index in [2.05, 4.69) is 17.1 Å². The Kier molecular flexibility index (Phi) is 5.83. The molecule has 2 aliphatic rings. The summed E-state index contributed by atoms with van der Waals surface area (Å²) in [6, 6.07) is 9.59. The smallest absolute Gasteiger partial charge is 0.355 e. The van der Waals surface area contributed by atoms with E-state index in [9.17, 15) is 9.59 Å². The summed E-state index contributed by atoms with van der Waals surface area (Å²) in [6.45, 7) is 2.61. The maximum Gasteiger partial charge on any atom is 0.355 e. The van der Waals surface area contributed by atoms with E-state index in [0.717, 1.165) is 5.75 Å². The minimum absolute atomic E-state index is 0.127. The number of carbonyl (C=O) groups excluding carboxylic acids is 1. The van der Waals surface area contributed by atoms with E-state index in [0.29, 0.717) is 19.1 Å². The van der Waals surface area contributed by atoms with Crippen LogP contribution in [0.4, 0.5) is 0 Å². The summed E-state index contributed by atoms with van der Waals surface area (Å²) in [4.78, 5) is 27.7. The first-order valence-electron chi connectivity index (χ1n) is 10.3. The highest BCUT2D eigenvalue weighted by atomic mass is 16.6. The highest BCUT2D eigenvalue weighted by Gasteiger charge is 2.29. The Morgan fingerprint density at radius 3 is 2.69 bits per heavy atom. The Morgan fingerprint density at radius 2 is 1.97 bits per heavy atom. The Bertz CT molecular complexity index is 916. The van der Waals surface area contributed by atoms with E-state index in [1.807, 2.05) is 12.1 Å². The first-order chi connectivity index (χ1) is 14.1. The normalized spacial score (nSPS) is 18.7. The molecular formula is C22H26N2O5. The molecule has 2 heterocycles. The third-order valence-electron chi connectivity index (χ3n) is 5.52. The average Bonchev–Trinajstić information content (AvgIpc) is 3.15. The molecule has 0 bridgehead atoms. The fourth-order valence-corrected chi connectivity index (χ4v) is 4.06. The number of hydrogen-bond acceptors (Lipinski definition) is 6. The lowest BCUT2D eigenvalue weighted by Crippen LogP contribution is -2.24. The molecule has 7 nitrogen and oxygen atoms in total. The van der Waals surface area contributed by atoms with E-state index < -0.39 is 11.5 Å². The van der Waals surface area contributed by atoms with Crippen LogP contribution in [-0.4, -0.2) is 34.8 Å². The number of nitrogens with zero attached hydrogens (tertiary/aromatic N) is 2. The summed E-state index contributed by atoms with van der Waals surface area (Å²) in [5.74, 6) is 0.879. The van der Waals surface area contributed by atoms with Crippen LogP contribution in [-0.2, 0) is 11.3 Å². The topological polar surface area (TPSA) is 79.7 Å². The molecule has 0 saturated heterocycles. The minimum Gasteiger partial charge on any atom is -0.490 e. The lowest BCUT2D eigenvalue weighted by molar-refractivity contribution is 0.0512. The molecule has 7 heteroatoms. The van der Waals surface area contributed by atoms with Crippen LogP contribution in [0.2, 0.25) is 0 Å². The molecule has 0 radical (unpaired) electrons. The molecule has 4 rings (SSSR count). The molecule has 1 aliphatic carbocycles. The molecule has 29 heavy (non-hydrogen) atoms. The zero-order chi connectivity index (χ0) is 20.2. The van der Waals surface area contributed by atoms with Crippen molar-refractivity contribution in [2.45, 2.75) is 57.6 Å². The molecular weight excluding hydrogens is 372 g/mol. The number of benzene rings is 1. The van der Waals surface area contributed by atoms with Crippen molar-refractivity contribution in [2.75, 3.05) is 13.2 Å². The second-order valence-electron chi connectivity index (χ2n) is 7.55. The number of rotatable bonds is 6. The molecule has 0 unspecified atom stereocenters. The third kappa shape index (κ3) is 4.44. The van der Waals surface area contributed by atoms with Crippen LogP contribution < -0.4 is 15.0 Å².